The number of methoxy groups -OCH3 is 2. The summed E-state index contributed by atoms with van der Waals surface area (Å²) in [6.07, 6.45) is 0.335. The normalized spacial score (nSPS) is 14.1. The van der Waals surface area contributed by atoms with Crippen LogP contribution in [0.15, 0.2) is 48.5 Å². The van der Waals surface area contributed by atoms with Crippen molar-refractivity contribution in [2.45, 2.75) is 13.0 Å². The molecule has 6 heteroatoms. The van der Waals surface area contributed by atoms with Crippen molar-refractivity contribution in [3.8, 4) is 5.75 Å². The van der Waals surface area contributed by atoms with E-state index in [2.05, 4.69) is 0 Å². The van der Waals surface area contributed by atoms with Crippen molar-refractivity contribution >= 4 is 11.8 Å². The Labute approximate surface area is 165 Å². The summed E-state index contributed by atoms with van der Waals surface area (Å²) < 4.78 is 10.4. The van der Waals surface area contributed by atoms with Crippen molar-refractivity contribution in [1.29, 1.82) is 0 Å². The topological polar surface area (TPSA) is 59.1 Å². The molecule has 1 saturated heterocycles. The minimum atomic E-state index is -0.00690. The first kappa shape index (κ1) is 19.9. The van der Waals surface area contributed by atoms with Crippen molar-refractivity contribution in [2.24, 2.45) is 0 Å². The molecule has 0 radical (unpaired) electrons. The van der Waals surface area contributed by atoms with Crippen molar-refractivity contribution < 1.29 is 19.1 Å². The summed E-state index contributed by atoms with van der Waals surface area (Å²) in [4.78, 5) is 29.1. The fourth-order valence-corrected chi connectivity index (χ4v) is 3.41. The van der Waals surface area contributed by atoms with Crippen LogP contribution in [-0.4, -0.2) is 62.0 Å². The summed E-state index contributed by atoms with van der Waals surface area (Å²) >= 11 is 0. The molecule has 1 aliphatic rings. The van der Waals surface area contributed by atoms with Gasteiger partial charge in [0.2, 0.25) is 5.91 Å². The molecule has 2 amide bonds. The van der Waals surface area contributed by atoms with E-state index in [9.17, 15) is 9.59 Å². The maximum absolute atomic E-state index is 12.9. The third kappa shape index (κ3) is 4.70. The van der Waals surface area contributed by atoms with E-state index in [0.29, 0.717) is 44.8 Å². The first-order valence-electron chi connectivity index (χ1n) is 9.39. The molecular formula is C22H26N2O4. The molecule has 0 saturated carbocycles. The van der Waals surface area contributed by atoms with E-state index in [-0.39, 0.29) is 11.8 Å². The van der Waals surface area contributed by atoms with Crippen LogP contribution in [0, 0.1) is 0 Å². The van der Waals surface area contributed by atoms with E-state index in [1.165, 1.54) is 0 Å². The molecule has 6 nitrogen and oxygen atoms in total. The lowest BCUT2D eigenvalue weighted by Crippen LogP contribution is -2.51. The van der Waals surface area contributed by atoms with Gasteiger partial charge in [-0.15, -0.1) is 0 Å². The number of rotatable bonds is 6. The highest BCUT2D eigenvalue weighted by Gasteiger charge is 2.26. The Morgan fingerprint density at radius 2 is 1.64 bits per heavy atom. The number of ether oxygens (including phenoxy) is 2. The zero-order valence-corrected chi connectivity index (χ0v) is 16.4. The van der Waals surface area contributed by atoms with E-state index in [1.54, 1.807) is 14.2 Å². The van der Waals surface area contributed by atoms with Crippen LogP contribution in [0.2, 0.25) is 0 Å². The summed E-state index contributed by atoms with van der Waals surface area (Å²) in [5, 5.41) is 0. The number of benzene rings is 2. The van der Waals surface area contributed by atoms with Crippen molar-refractivity contribution in [3.05, 3.63) is 65.2 Å². The first-order valence-corrected chi connectivity index (χ1v) is 9.39. The van der Waals surface area contributed by atoms with Crippen LogP contribution in [0.5, 0.6) is 5.75 Å². The van der Waals surface area contributed by atoms with E-state index in [1.807, 2.05) is 58.3 Å². The second kappa shape index (κ2) is 9.37. The van der Waals surface area contributed by atoms with E-state index in [0.717, 1.165) is 16.9 Å². The fourth-order valence-electron chi connectivity index (χ4n) is 3.41. The lowest BCUT2D eigenvalue weighted by molar-refractivity contribution is -0.131. The van der Waals surface area contributed by atoms with Crippen LogP contribution < -0.4 is 4.74 Å². The van der Waals surface area contributed by atoms with Gasteiger partial charge in [0.15, 0.2) is 0 Å². The Balaban J connectivity index is 1.58. The maximum Gasteiger partial charge on any atom is 0.254 e. The largest absolute Gasteiger partial charge is 0.497 e. The quantitative estimate of drug-likeness (QED) is 0.770. The van der Waals surface area contributed by atoms with Crippen LogP contribution in [0.3, 0.4) is 0 Å². The Kier molecular flexibility index (Phi) is 6.66. The SMILES string of the molecule is COCc1ccccc1C(=O)N1CCN(C(=O)Cc2cccc(OC)c2)CC1. The molecule has 0 bridgehead atoms. The molecule has 0 unspecified atom stereocenters. The first-order chi connectivity index (χ1) is 13.6. The third-order valence-corrected chi connectivity index (χ3v) is 4.96. The second-order valence-corrected chi connectivity index (χ2v) is 6.79. The van der Waals surface area contributed by atoms with E-state index >= 15 is 0 Å². The van der Waals surface area contributed by atoms with Crippen molar-refractivity contribution in [2.75, 3.05) is 40.4 Å². The summed E-state index contributed by atoms with van der Waals surface area (Å²) in [5.74, 6) is 0.808. The van der Waals surface area contributed by atoms with E-state index in [4.69, 9.17) is 9.47 Å². The highest BCUT2D eigenvalue weighted by atomic mass is 16.5. The van der Waals surface area contributed by atoms with Gasteiger partial charge in [0.05, 0.1) is 20.1 Å². The molecule has 3 rings (SSSR count). The molecule has 0 aliphatic carbocycles. The zero-order chi connectivity index (χ0) is 19.9. The van der Waals surface area contributed by atoms with Gasteiger partial charge in [-0.2, -0.15) is 0 Å². The van der Waals surface area contributed by atoms with Crippen molar-refractivity contribution in [1.82, 2.24) is 9.80 Å². The minimum absolute atomic E-state index is 0.00690. The van der Waals surface area contributed by atoms with Gasteiger partial charge < -0.3 is 19.3 Å². The highest BCUT2D eigenvalue weighted by Crippen LogP contribution is 2.17. The van der Waals surface area contributed by atoms with Gasteiger partial charge in [0, 0.05) is 38.9 Å². The lowest BCUT2D eigenvalue weighted by Gasteiger charge is -2.35. The Hall–Kier alpha value is -2.86. The van der Waals surface area contributed by atoms with Crippen LogP contribution >= 0.6 is 0 Å². The smallest absolute Gasteiger partial charge is 0.254 e. The summed E-state index contributed by atoms with van der Waals surface area (Å²) in [6.45, 7) is 2.55. The van der Waals surface area contributed by atoms with Crippen LogP contribution in [0.4, 0.5) is 0 Å². The van der Waals surface area contributed by atoms with Gasteiger partial charge in [0.25, 0.3) is 5.91 Å². The lowest BCUT2D eigenvalue weighted by atomic mass is 10.1. The Bertz CT molecular complexity index is 829. The van der Waals surface area contributed by atoms with Gasteiger partial charge in [-0.3, -0.25) is 9.59 Å². The molecule has 1 aliphatic heterocycles. The second-order valence-electron chi connectivity index (χ2n) is 6.79. The number of piperazine rings is 1. The molecule has 0 N–H and O–H groups in total. The predicted octanol–water partition coefficient (Wildman–Crippen LogP) is 2.37. The zero-order valence-electron chi connectivity index (χ0n) is 16.4. The fraction of sp³-hybridized carbons (Fsp3) is 0.364. The van der Waals surface area contributed by atoms with Gasteiger partial charge in [-0.25, -0.2) is 0 Å². The molecule has 2 aromatic carbocycles. The van der Waals surface area contributed by atoms with Gasteiger partial charge in [0.1, 0.15) is 5.75 Å². The van der Waals surface area contributed by atoms with Gasteiger partial charge in [-0.1, -0.05) is 30.3 Å². The maximum atomic E-state index is 12.9. The molecule has 1 heterocycles. The molecule has 2 aromatic rings. The summed E-state index contributed by atoms with van der Waals surface area (Å²) in [7, 11) is 3.23. The molecule has 0 spiro atoms. The van der Waals surface area contributed by atoms with Gasteiger partial charge >= 0.3 is 0 Å². The molecule has 0 aromatic heterocycles. The van der Waals surface area contributed by atoms with E-state index < -0.39 is 0 Å². The molecule has 0 atom stereocenters. The Morgan fingerprint density at radius 3 is 2.36 bits per heavy atom. The number of nitrogens with zero attached hydrogens (tertiary/aromatic N) is 2. The number of hydrogen-bond donors (Lipinski definition) is 0. The standard InChI is InChI=1S/C22H26N2O4/c1-27-16-18-7-3-4-9-20(18)22(26)24-12-10-23(11-13-24)21(25)15-17-6-5-8-19(14-17)28-2/h3-9,14H,10-13,15-16H2,1-2H3. The van der Waals surface area contributed by atoms with Gasteiger partial charge in [-0.05, 0) is 29.3 Å². The molecule has 1 fully saturated rings. The average molecular weight is 382 g/mol. The highest BCUT2D eigenvalue weighted by molar-refractivity contribution is 5.95. The Morgan fingerprint density at radius 1 is 0.929 bits per heavy atom. The molecule has 28 heavy (non-hydrogen) atoms. The van der Waals surface area contributed by atoms with Crippen LogP contribution in [0.1, 0.15) is 21.5 Å². The predicted molar refractivity (Wildman–Crippen MR) is 106 cm³/mol. The van der Waals surface area contributed by atoms with Crippen molar-refractivity contribution in [3.63, 3.8) is 0 Å². The monoisotopic (exact) mass is 382 g/mol. The minimum Gasteiger partial charge on any atom is -0.497 e. The summed E-state index contributed by atoms with van der Waals surface area (Å²) in [6, 6.07) is 15.1. The summed E-state index contributed by atoms with van der Waals surface area (Å²) in [5.41, 5.74) is 2.48. The average Bonchev–Trinajstić information content (AvgIpc) is 2.74. The number of carbonyl (C=O) groups excluding carboxylic acids is 2. The number of hydrogen-bond acceptors (Lipinski definition) is 4. The van der Waals surface area contributed by atoms with Crippen LogP contribution in [0.25, 0.3) is 0 Å². The molecular weight excluding hydrogens is 356 g/mol. The number of amides is 2. The van der Waals surface area contributed by atoms with Crippen LogP contribution in [-0.2, 0) is 22.6 Å². The number of carbonyl (C=O) groups is 2. The third-order valence-electron chi connectivity index (χ3n) is 4.96. The molecule has 148 valence electrons.